The van der Waals surface area contributed by atoms with Crippen LogP contribution in [0.1, 0.15) is 23.2 Å². The van der Waals surface area contributed by atoms with Crippen molar-refractivity contribution < 1.29 is 4.79 Å². The molecule has 0 aromatic carbocycles. The molecule has 1 aliphatic carbocycles. The molecule has 1 fully saturated rings. The van der Waals surface area contributed by atoms with E-state index in [9.17, 15) is 4.79 Å². The zero-order chi connectivity index (χ0) is 11.1. The quantitative estimate of drug-likeness (QED) is 0.766. The van der Waals surface area contributed by atoms with E-state index in [-0.39, 0.29) is 0 Å². The summed E-state index contributed by atoms with van der Waals surface area (Å²) < 4.78 is 2.04. The molecule has 2 heterocycles. The largest absolute Gasteiger partial charge is 0.331 e. The van der Waals surface area contributed by atoms with Gasteiger partial charge in [-0.25, -0.2) is 4.98 Å². The summed E-state index contributed by atoms with van der Waals surface area (Å²) in [6.45, 7) is 0.942. The van der Waals surface area contributed by atoms with Crippen molar-refractivity contribution >= 4 is 27.9 Å². The van der Waals surface area contributed by atoms with Crippen molar-refractivity contribution in [3.8, 4) is 0 Å². The smallest absolute Gasteiger partial charge is 0.254 e. The van der Waals surface area contributed by atoms with E-state index in [1.54, 1.807) is 6.20 Å². The first kappa shape index (κ1) is 9.85. The molecule has 16 heavy (non-hydrogen) atoms. The minimum atomic E-state index is -0.410. The molecular weight excluding hydrogens is 224 g/mol. The third-order valence-corrected chi connectivity index (χ3v) is 3.20. The van der Waals surface area contributed by atoms with Crippen LogP contribution in [0, 0.1) is 5.92 Å². The van der Waals surface area contributed by atoms with Crippen LogP contribution in [0.2, 0.25) is 0 Å². The van der Waals surface area contributed by atoms with Crippen LogP contribution in [0.25, 0.3) is 11.0 Å². The van der Waals surface area contributed by atoms with Gasteiger partial charge in [0.2, 0.25) is 0 Å². The first-order chi connectivity index (χ1) is 7.75. The van der Waals surface area contributed by atoms with Crippen LogP contribution in [0.15, 0.2) is 24.5 Å². The number of carbonyl (C=O) groups is 1. The van der Waals surface area contributed by atoms with Gasteiger partial charge in [-0.1, -0.05) is 0 Å². The Balaban J connectivity index is 2.15. The van der Waals surface area contributed by atoms with E-state index < -0.39 is 5.24 Å². The van der Waals surface area contributed by atoms with Crippen molar-refractivity contribution in [2.75, 3.05) is 0 Å². The first-order valence-corrected chi connectivity index (χ1v) is 5.77. The normalized spacial score (nSPS) is 15.6. The van der Waals surface area contributed by atoms with Gasteiger partial charge in [-0.15, -0.1) is 0 Å². The second-order valence-corrected chi connectivity index (χ2v) is 4.63. The summed E-state index contributed by atoms with van der Waals surface area (Å²) in [7, 11) is 0. The van der Waals surface area contributed by atoms with Gasteiger partial charge in [-0.05, 0) is 42.5 Å². The molecule has 4 heteroatoms. The lowest BCUT2D eigenvalue weighted by Crippen LogP contribution is -1.98. The maximum absolute atomic E-state index is 11.3. The zero-order valence-electron chi connectivity index (χ0n) is 8.69. The van der Waals surface area contributed by atoms with Gasteiger partial charge in [0.25, 0.3) is 5.24 Å². The monoisotopic (exact) mass is 234 g/mol. The van der Waals surface area contributed by atoms with Crippen molar-refractivity contribution in [2.24, 2.45) is 5.92 Å². The van der Waals surface area contributed by atoms with Crippen LogP contribution in [0.5, 0.6) is 0 Å². The molecule has 0 atom stereocenters. The Labute approximate surface area is 98.0 Å². The first-order valence-electron chi connectivity index (χ1n) is 5.39. The number of carbonyl (C=O) groups excluding carboxylic acids is 1. The molecule has 0 N–H and O–H groups in total. The topological polar surface area (TPSA) is 34.9 Å². The summed E-state index contributed by atoms with van der Waals surface area (Å²) in [5.41, 5.74) is 1.42. The third kappa shape index (κ3) is 1.61. The molecule has 2 aromatic rings. The molecule has 0 spiro atoms. The Morgan fingerprint density at radius 3 is 3.06 bits per heavy atom. The van der Waals surface area contributed by atoms with Gasteiger partial charge in [0.1, 0.15) is 5.65 Å². The summed E-state index contributed by atoms with van der Waals surface area (Å²) in [6, 6.07) is 3.72. The Bertz CT molecular complexity index is 557. The third-order valence-electron chi connectivity index (χ3n) is 3.00. The van der Waals surface area contributed by atoms with Gasteiger partial charge in [0.05, 0.1) is 5.56 Å². The molecule has 3 rings (SSSR count). The number of rotatable bonds is 3. The fourth-order valence-corrected chi connectivity index (χ4v) is 2.15. The number of hydrogen-bond acceptors (Lipinski definition) is 2. The van der Waals surface area contributed by atoms with E-state index in [1.165, 1.54) is 12.8 Å². The van der Waals surface area contributed by atoms with Gasteiger partial charge >= 0.3 is 0 Å². The lowest BCUT2D eigenvalue weighted by molar-refractivity contribution is 0.108. The van der Waals surface area contributed by atoms with Crippen LogP contribution < -0.4 is 0 Å². The maximum Gasteiger partial charge on any atom is 0.254 e. The molecule has 82 valence electrons. The highest BCUT2D eigenvalue weighted by Crippen LogP contribution is 2.32. The number of fused-ring (bicyclic) bond motifs is 1. The molecule has 0 amide bonds. The van der Waals surface area contributed by atoms with Crippen LogP contribution >= 0.6 is 11.6 Å². The van der Waals surface area contributed by atoms with E-state index in [0.717, 1.165) is 23.5 Å². The molecular formula is C12H11ClN2O. The Morgan fingerprint density at radius 2 is 2.38 bits per heavy atom. The SMILES string of the molecule is O=C(Cl)c1cn(CC2CC2)c2ncccc12. The Kier molecular flexibility index (Phi) is 2.21. The van der Waals surface area contributed by atoms with Crippen LogP contribution in [-0.4, -0.2) is 14.8 Å². The lowest BCUT2D eigenvalue weighted by atomic mass is 10.2. The van der Waals surface area contributed by atoms with E-state index in [2.05, 4.69) is 4.98 Å². The average Bonchev–Trinajstić information content (AvgIpc) is 3.00. The highest BCUT2D eigenvalue weighted by molar-refractivity contribution is 6.68. The van der Waals surface area contributed by atoms with Crippen molar-refractivity contribution in [3.63, 3.8) is 0 Å². The molecule has 0 radical (unpaired) electrons. The molecule has 0 saturated heterocycles. The van der Waals surface area contributed by atoms with Crippen molar-refractivity contribution in [1.29, 1.82) is 0 Å². The average molecular weight is 235 g/mol. The molecule has 2 aromatic heterocycles. The molecule has 0 bridgehead atoms. The minimum Gasteiger partial charge on any atom is -0.331 e. The van der Waals surface area contributed by atoms with E-state index in [4.69, 9.17) is 11.6 Å². The maximum atomic E-state index is 11.3. The van der Waals surface area contributed by atoms with Gasteiger partial charge < -0.3 is 4.57 Å². The molecule has 3 nitrogen and oxygen atoms in total. The second-order valence-electron chi connectivity index (χ2n) is 4.29. The Hall–Kier alpha value is -1.35. The van der Waals surface area contributed by atoms with Gasteiger partial charge in [0, 0.05) is 24.3 Å². The zero-order valence-corrected chi connectivity index (χ0v) is 9.44. The number of pyridine rings is 1. The van der Waals surface area contributed by atoms with Crippen LogP contribution in [0.4, 0.5) is 0 Å². The van der Waals surface area contributed by atoms with Crippen molar-refractivity contribution in [1.82, 2.24) is 9.55 Å². The summed E-state index contributed by atoms with van der Waals surface area (Å²) in [5.74, 6) is 0.746. The number of hydrogen-bond donors (Lipinski definition) is 0. The summed E-state index contributed by atoms with van der Waals surface area (Å²) in [5, 5.41) is 0.440. The van der Waals surface area contributed by atoms with Gasteiger partial charge in [-0.2, -0.15) is 0 Å². The highest BCUT2D eigenvalue weighted by Gasteiger charge is 2.23. The Morgan fingerprint density at radius 1 is 1.56 bits per heavy atom. The molecule has 0 aliphatic heterocycles. The fraction of sp³-hybridized carbons (Fsp3) is 0.333. The lowest BCUT2D eigenvalue weighted by Gasteiger charge is -2.01. The number of halogens is 1. The second kappa shape index (κ2) is 3.59. The summed E-state index contributed by atoms with van der Waals surface area (Å²) in [6.07, 6.45) is 6.12. The molecule has 1 saturated carbocycles. The minimum absolute atomic E-state index is 0.410. The van der Waals surface area contributed by atoms with Crippen LogP contribution in [0.3, 0.4) is 0 Å². The van der Waals surface area contributed by atoms with Gasteiger partial charge in [0.15, 0.2) is 0 Å². The summed E-state index contributed by atoms with van der Waals surface area (Å²) >= 11 is 5.57. The highest BCUT2D eigenvalue weighted by atomic mass is 35.5. The summed E-state index contributed by atoms with van der Waals surface area (Å²) in [4.78, 5) is 15.6. The van der Waals surface area contributed by atoms with E-state index in [1.807, 2.05) is 22.9 Å². The fourth-order valence-electron chi connectivity index (χ4n) is 2.00. The predicted molar refractivity (Wildman–Crippen MR) is 62.6 cm³/mol. The number of nitrogens with zero attached hydrogens (tertiary/aromatic N) is 2. The molecule has 0 unspecified atom stereocenters. The predicted octanol–water partition coefficient (Wildman–Crippen LogP) is 2.83. The van der Waals surface area contributed by atoms with Crippen LogP contribution in [-0.2, 0) is 6.54 Å². The van der Waals surface area contributed by atoms with Gasteiger partial charge in [-0.3, -0.25) is 4.79 Å². The standard InChI is InChI=1S/C12H11ClN2O/c13-11(16)10-7-15(6-8-3-4-8)12-9(10)2-1-5-14-12/h1-2,5,7-8H,3-4,6H2. The van der Waals surface area contributed by atoms with E-state index >= 15 is 0 Å². The van der Waals surface area contributed by atoms with Crippen molar-refractivity contribution in [3.05, 3.63) is 30.1 Å². The number of aromatic nitrogens is 2. The molecule has 1 aliphatic rings. The van der Waals surface area contributed by atoms with Crippen molar-refractivity contribution in [2.45, 2.75) is 19.4 Å². The van der Waals surface area contributed by atoms with E-state index in [0.29, 0.717) is 5.56 Å².